The molecule has 0 aliphatic heterocycles. The van der Waals surface area contributed by atoms with Gasteiger partial charge < -0.3 is 9.73 Å². The monoisotopic (exact) mass is 310 g/mol. The molecule has 0 aliphatic rings. The van der Waals surface area contributed by atoms with Gasteiger partial charge in [0.25, 0.3) is 5.69 Å². The van der Waals surface area contributed by atoms with Crippen molar-refractivity contribution in [2.75, 3.05) is 5.32 Å². The van der Waals surface area contributed by atoms with E-state index in [1.54, 1.807) is 6.26 Å². The van der Waals surface area contributed by atoms with Gasteiger partial charge in [-0.25, -0.2) is 0 Å². The van der Waals surface area contributed by atoms with Gasteiger partial charge in [0.1, 0.15) is 5.58 Å². The normalized spacial score (nSPS) is 10.7. The van der Waals surface area contributed by atoms with Crippen molar-refractivity contribution in [3.05, 3.63) is 70.0 Å². The molecule has 0 atom stereocenters. The minimum atomic E-state index is -0.481. The highest BCUT2D eigenvalue weighted by Crippen LogP contribution is 2.23. The number of nitro groups is 1. The van der Waals surface area contributed by atoms with E-state index >= 15 is 0 Å². The first-order valence-corrected chi connectivity index (χ1v) is 7.04. The van der Waals surface area contributed by atoms with Gasteiger partial charge in [0, 0.05) is 28.8 Å². The van der Waals surface area contributed by atoms with Crippen molar-refractivity contribution in [2.24, 2.45) is 0 Å². The minimum absolute atomic E-state index is 0.0145. The molecule has 1 amide bonds. The molecule has 0 radical (unpaired) electrons. The van der Waals surface area contributed by atoms with Crippen LogP contribution in [0.3, 0.4) is 0 Å². The number of hydrogen-bond donors (Lipinski definition) is 1. The molecule has 0 saturated heterocycles. The van der Waals surface area contributed by atoms with E-state index in [1.807, 2.05) is 25.1 Å². The van der Waals surface area contributed by atoms with Crippen LogP contribution in [0, 0.1) is 17.0 Å². The third-order valence-corrected chi connectivity index (χ3v) is 3.52. The molecular weight excluding hydrogens is 296 g/mol. The van der Waals surface area contributed by atoms with Gasteiger partial charge in [-0.05, 0) is 31.2 Å². The van der Waals surface area contributed by atoms with Crippen LogP contribution in [0.2, 0.25) is 0 Å². The van der Waals surface area contributed by atoms with Crippen molar-refractivity contribution < 1.29 is 14.1 Å². The number of amides is 1. The molecular formula is C17H14N2O4. The zero-order valence-corrected chi connectivity index (χ0v) is 12.4. The van der Waals surface area contributed by atoms with Gasteiger partial charge in [-0.3, -0.25) is 14.9 Å². The zero-order valence-electron chi connectivity index (χ0n) is 12.4. The number of aryl methyl sites for hydroxylation is 1. The molecule has 6 nitrogen and oxygen atoms in total. The number of nitrogens with one attached hydrogen (secondary N) is 1. The Morgan fingerprint density at radius 3 is 2.65 bits per heavy atom. The third kappa shape index (κ3) is 3.21. The quantitative estimate of drug-likeness (QED) is 0.586. The lowest BCUT2D eigenvalue weighted by atomic mass is 10.1. The molecule has 0 fully saturated rings. The Bertz CT molecular complexity index is 881. The van der Waals surface area contributed by atoms with Crippen LogP contribution >= 0.6 is 0 Å². The summed E-state index contributed by atoms with van der Waals surface area (Å²) in [6.07, 6.45) is 1.76. The minimum Gasteiger partial charge on any atom is -0.464 e. The van der Waals surface area contributed by atoms with Gasteiger partial charge in [0.05, 0.1) is 17.6 Å². The van der Waals surface area contributed by atoms with Gasteiger partial charge in [-0.1, -0.05) is 11.6 Å². The van der Waals surface area contributed by atoms with Gasteiger partial charge in [0.2, 0.25) is 5.91 Å². The third-order valence-electron chi connectivity index (χ3n) is 3.52. The highest BCUT2D eigenvalue weighted by molar-refractivity contribution is 5.95. The van der Waals surface area contributed by atoms with Crippen molar-refractivity contribution in [2.45, 2.75) is 13.3 Å². The van der Waals surface area contributed by atoms with Gasteiger partial charge in [0.15, 0.2) is 0 Å². The second-order valence-corrected chi connectivity index (χ2v) is 5.29. The zero-order chi connectivity index (χ0) is 16.4. The molecule has 6 heteroatoms. The van der Waals surface area contributed by atoms with Crippen LogP contribution in [0.1, 0.15) is 11.1 Å². The topological polar surface area (TPSA) is 85.4 Å². The summed E-state index contributed by atoms with van der Waals surface area (Å²) in [6.45, 7) is 1.98. The summed E-state index contributed by atoms with van der Waals surface area (Å²) in [5, 5.41) is 14.2. The highest BCUT2D eigenvalue weighted by Gasteiger charge is 2.11. The van der Waals surface area contributed by atoms with Crippen molar-refractivity contribution in [3.8, 4) is 0 Å². The Morgan fingerprint density at radius 2 is 1.96 bits per heavy atom. The maximum atomic E-state index is 12.1. The van der Waals surface area contributed by atoms with E-state index in [1.165, 1.54) is 24.3 Å². The Morgan fingerprint density at radius 1 is 1.22 bits per heavy atom. The summed E-state index contributed by atoms with van der Waals surface area (Å²) >= 11 is 0. The van der Waals surface area contributed by atoms with Gasteiger partial charge in [-0.2, -0.15) is 0 Å². The molecule has 3 rings (SSSR count). The smallest absolute Gasteiger partial charge is 0.269 e. The molecule has 0 unspecified atom stereocenters. The Balaban J connectivity index is 1.73. The second-order valence-electron chi connectivity index (χ2n) is 5.29. The number of benzene rings is 2. The lowest BCUT2D eigenvalue weighted by Crippen LogP contribution is -2.14. The largest absolute Gasteiger partial charge is 0.464 e. The van der Waals surface area contributed by atoms with Crippen LogP contribution in [0.15, 0.2) is 53.1 Å². The molecule has 1 N–H and O–H groups in total. The van der Waals surface area contributed by atoms with Gasteiger partial charge in [-0.15, -0.1) is 0 Å². The van der Waals surface area contributed by atoms with Crippen LogP contribution in [-0.4, -0.2) is 10.8 Å². The number of rotatable bonds is 4. The van der Waals surface area contributed by atoms with Crippen LogP contribution in [0.5, 0.6) is 0 Å². The highest BCUT2D eigenvalue weighted by atomic mass is 16.6. The molecule has 2 aromatic carbocycles. The van der Waals surface area contributed by atoms with Crippen LogP contribution in [0.4, 0.5) is 11.4 Å². The fourth-order valence-corrected chi connectivity index (χ4v) is 2.38. The van der Waals surface area contributed by atoms with E-state index in [-0.39, 0.29) is 18.0 Å². The lowest BCUT2D eigenvalue weighted by Gasteiger charge is -2.04. The Hall–Kier alpha value is -3.15. The summed E-state index contributed by atoms with van der Waals surface area (Å²) in [5.74, 6) is -0.206. The molecule has 3 aromatic rings. The van der Waals surface area contributed by atoms with Crippen LogP contribution < -0.4 is 5.32 Å². The van der Waals surface area contributed by atoms with Crippen molar-refractivity contribution >= 4 is 28.3 Å². The molecule has 1 aromatic heterocycles. The number of carbonyl (C=O) groups excluding carboxylic acids is 1. The number of carbonyl (C=O) groups is 1. The van der Waals surface area contributed by atoms with Crippen molar-refractivity contribution in [3.63, 3.8) is 0 Å². The fourth-order valence-electron chi connectivity index (χ4n) is 2.38. The molecule has 0 saturated carbocycles. The Kier molecular flexibility index (Phi) is 3.80. The number of furan rings is 1. The second kappa shape index (κ2) is 5.92. The lowest BCUT2D eigenvalue weighted by molar-refractivity contribution is -0.384. The maximum absolute atomic E-state index is 12.1. The first kappa shape index (κ1) is 14.8. The standard InChI is InChI=1S/C17H14N2O4/c1-11-2-7-16-15(8-11)12(10-23-16)9-17(20)18-13-3-5-14(6-4-13)19(21)22/h2-8,10H,9H2,1H3,(H,18,20). The van der Waals surface area contributed by atoms with E-state index in [0.717, 1.165) is 22.1 Å². The fraction of sp³-hybridized carbons (Fsp3) is 0.118. The number of fused-ring (bicyclic) bond motifs is 1. The number of nitro benzene ring substituents is 1. The van der Waals surface area contributed by atoms with E-state index < -0.39 is 4.92 Å². The van der Waals surface area contributed by atoms with E-state index in [9.17, 15) is 14.9 Å². The first-order chi connectivity index (χ1) is 11.0. The van der Waals surface area contributed by atoms with E-state index in [2.05, 4.69) is 5.32 Å². The molecule has 0 spiro atoms. The molecule has 0 aliphatic carbocycles. The van der Waals surface area contributed by atoms with E-state index in [4.69, 9.17) is 4.42 Å². The summed E-state index contributed by atoms with van der Waals surface area (Å²) in [7, 11) is 0. The van der Waals surface area contributed by atoms with Crippen molar-refractivity contribution in [1.29, 1.82) is 0 Å². The number of anilines is 1. The van der Waals surface area contributed by atoms with Crippen molar-refractivity contribution in [1.82, 2.24) is 0 Å². The van der Waals surface area contributed by atoms with Gasteiger partial charge >= 0.3 is 0 Å². The number of non-ortho nitro benzene ring substituents is 1. The predicted molar refractivity (Wildman–Crippen MR) is 86.4 cm³/mol. The van der Waals surface area contributed by atoms with Crippen LogP contribution in [0.25, 0.3) is 11.0 Å². The molecule has 0 bridgehead atoms. The Labute approximate surface area is 131 Å². The first-order valence-electron chi connectivity index (χ1n) is 7.04. The summed E-state index contributed by atoms with van der Waals surface area (Å²) < 4.78 is 5.44. The van der Waals surface area contributed by atoms with E-state index in [0.29, 0.717) is 5.69 Å². The maximum Gasteiger partial charge on any atom is 0.269 e. The number of nitrogens with zero attached hydrogens (tertiary/aromatic N) is 1. The molecule has 1 heterocycles. The summed E-state index contributed by atoms with van der Waals surface area (Å²) in [6, 6.07) is 11.5. The summed E-state index contributed by atoms with van der Waals surface area (Å²) in [4.78, 5) is 22.3. The van der Waals surface area contributed by atoms with Crippen LogP contribution in [-0.2, 0) is 11.2 Å². The predicted octanol–water partition coefficient (Wildman–Crippen LogP) is 3.83. The summed E-state index contributed by atoms with van der Waals surface area (Å²) in [5.41, 5.74) is 3.15. The average molecular weight is 310 g/mol. The molecule has 116 valence electrons. The average Bonchev–Trinajstić information content (AvgIpc) is 2.90. The number of hydrogen-bond acceptors (Lipinski definition) is 4. The SMILES string of the molecule is Cc1ccc2occ(CC(=O)Nc3ccc([N+](=O)[O-])cc3)c2c1. The molecule has 23 heavy (non-hydrogen) atoms.